The lowest BCUT2D eigenvalue weighted by Crippen LogP contribution is -2.28. The summed E-state index contributed by atoms with van der Waals surface area (Å²) in [6.07, 6.45) is 3.31. The van der Waals surface area contributed by atoms with Gasteiger partial charge < -0.3 is 15.4 Å². The first-order valence-corrected chi connectivity index (χ1v) is 6.79. The topological polar surface area (TPSA) is 38.5 Å². The maximum atomic E-state index is 5.62. The van der Waals surface area contributed by atoms with Crippen LogP contribution in [0.4, 0.5) is 5.69 Å². The van der Waals surface area contributed by atoms with E-state index in [9.17, 15) is 0 Å². The minimum absolute atomic E-state index is 0.750. The minimum Gasteiger partial charge on any atom is -0.385 e. The molecule has 18 heavy (non-hydrogen) atoms. The number of nitrogens with two attached hydrogens (primary N) is 1. The van der Waals surface area contributed by atoms with E-state index in [1.165, 1.54) is 11.3 Å². The average molecular weight is 250 g/mol. The van der Waals surface area contributed by atoms with Gasteiger partial charge in [0.2, 0.25) is 0 Å². The Balaban J connectivity index is 2.57. The molecule has 0 amide bonds. The zero-order valence-corrected chi connectivity index (χ0v) is 11.7. The third-order valence-electron chi connectivity index (χ3n) is 3.11. The van der Waals surface area contributed by atoms with Gasteiger partial charge in [0.15, 0.2) is 0 Å². The van der Waals surface area contributed by atoms with Crippen molar-refractivity contribution in [2.24, 2.45) is 5.73 Å². The van der Waals surface area contributed by atoms with Crippen molar-refractivity contribution in [2.75, 3.05) is 38.3 Å². The molecule has 0 unspecified atom stereocenters. The summed E-state index contributed by atoms with van der Waals surface area (Å²) in [4.78, 5) is 2.44. The number of nitrogens with zero attached hydrogens (tertiary/aromatic N) is 1. The molecule has 0 aliphatic rings. The van der Waals surface area contributed by atoms with Crippen molar-refractivity contribution in [3.8, 4) is 0 Å². The summed E-state index contributed by atoms with van der Waals surface area (Å²) in [6.45, 7) is 5.88. The Labute approximate surface area is 111 Å². The van der Waals surface area contributed by atoms with E-state index in [4.69, 9.17) is 10.5 Å². The van der Waals surface area contributed by atoms with Gasteiger partial charge in [0.05, 0.1) is 0 Å². The minimum atomic E-state index is 0.750. The molecule has 2 N–H and O–H groups in total. The molecule has 0 aromatic heterocycles. The van der Waals surface area contributed by atoms with E-state index in [-0.39, 0.29) is 0 Å². The molecule has 1 aromatic carbocycles. The summed E-state index contributed by atoms with van der Waals surface area (Å²) in [6, 6.07) is 8.56. The number of rotatable bonds is 9. The van der Waals surface area contributed by atoms with Crippen molar-refractivity contribution in [1.82, 2.24) is 0 Å². The predicted molar refractivity (Wildman–Crippen MR) is 78.2 cm³/mol. The van der Waals surface area contributed by atoms with E-state index < -0.39 is 0 Å². The Morgan fingerprint density at radius 2 is 1.83 bits per heavy atom. The zero-order chi connectivity index (χ0) is 13.2. The van der Waals surface area contributed by atoms with E-state index in [1.54, 1.807) is 7.11 Å². The highest BCUT2D eigenvalue weighted by atomic mass is 16.5. The summed E-state index contributed by atoms with van der Waals surface area (Å²) in [5, 5.41) is 0. The van der Waals surface area contributed by atoms with Gasteiger partial charge in [-0.15, -0.1) is 0 Å². The summed E-state index contributed by atoms with van der Waals surface area (Å²) in [7, 11) is 1.76. The first kappa shape index (κ1) is 15.0. The quantitative estimate of drug-likeness (QED) is 0.685. The van der Waals surface area contributed by atoms with Gasteiger partial charge in [0.1, 0.15) is 0 Å². The lowest BCUT2D eigenvalue weighted by molar-refractivity contribution is 0.193. The Kier molecular flexibility index (Phi) is 7.46. The molecular formula is C15H26N2O. The number of aryl methyl sites for hydroxylation is 1. The fourth-order valence-corrected chi connectivity index (χ4v) is 2.10. The largest absolute Gasteiger partial charge is 0.385 e. The van der Waals surface area contributed by atoms with Crippen LogP contribution < -0.4 is 10.6 Å². The molecule has 0 heterocycles. The van der Waals surface area contributed by atoms with Crippen LogP contribution in [0, 0.1) is 6.92 Å². The van der Waals surface area contributed by atoms with E-state index in [0.717, 1.165) is 45.5 Å². The normalized spacial score (nSPS) is 10.6. The SMILES string of the molecule is COCCCCN(CCCN)c1ccccc1C. The van der Waals surface area contributed by atoms with Gasteiger partial charge in [0.25, 0.3) is 0 Å². The highest BCUT2D eigenvalue weighted by Gasteiger charge is 2.07. The first-order chi connectivity index (χ1) is 8.79. The van der Waals surface area contributed by atoms with Crippen LogP contribution in [-0.4, -0.2) is 33.4 Å². The highest BCUT2D eigenvalue weighted by Crippen LogP contribution is 2.20. The second kappa shape index (κ2) is 8.95. The molecule has 3 nitrogen and oxygen atoms in total. The van der Waals surface area contributed by atoms with Gasteiger partial charge in [0, 0.05) is 32.5 Å². The van der Waals surface area contributed by atoms with E-state index in [1.807, 2.05) is 0 Å². The van der Waals surface area contributed by atoms with Crippen molar-refractivity contribution >= 4 is 5.69 Å². The molecule has 0 radical (unpaired) electrons. The number of hydrogen-bond acceptors (Lipinski definition) is 3. The number of hydrogen-bond donors (Lipinski definition) is 1. The van der Waals surface area contributed by atoms with Gasteiger partial charge in [-0.2, -0.15) is 0 Å². The predicted octanol–water partition coefficient (Wildman–Crippen LogP) is 2.58. The van der Waals surface area contributed by atoms with Crippen LogP contribution in [-0.2, 0) is 4.74 Å². The van der Waals surface area contributed by atoms with Gasteiger partial charge >= 0.3 is 0 Å². The third-order valence-corrected chi connectivity index (χ3v) is 3.11. The van der Waals surface area contributed by atoms with Crippen molar-refractivity contribution in [3.05, 3.63) is 29.8 Å². The van der Waals surface area contributed by atoms with Crippen LogP contribution in [0.1, 0.15) is 24.8 Å². The van der Waals surface area contributed by atoms with Gasteiger partial charge in [-0.25, -0.2) is 0 Å². The van der Waals surface area contributed by atoms with Crippen molar-refractivity contribution in [3.63, 3.8) is 0 Å². The summed E-state index contributed by atoms with van der Waals surface area (Å²) < 4.78 is 5.10. The second-order valence-electron chi connectivity index (χ2n) is 4.62. The Hall–Kier alpha value is -1.06. The number of methoxy groups -OCH3 is 1. The number of para-hydroxylation sites is 1. The monoisotopic (exact) mass is 250 g/mol. The van der Waals surface area contributed by atoms with E-state index >= 15 is 0 Å². The highest BCUT2D eigenvalue weighted by molar-refractivity contribution is 5.52. The standard InChI is InChI=1S/C15H26N2O/c1-14-8-3-4-9-15(14)17(12-7-10-16)11-5-6-13-18-2/h3-4,8-9H,5-7,10-13,16H2,1-2H3. The van der Waals surface area contributed by atoms with Gasteiger partial charge in [-0.1, -0.05) is 18.2 Å². The molecule has 1 aromatic rings. The maximum absolute atomic E-state index is 5.62. The lowest BCUT2D eigenvalue weighted by Gasteiger charge is -2.26. The molecule has 0 saturated carbocycles. The molecule has 0 atom stereocenters. The van der Waals surface area contributed by atoms with Crippen molar-refractivity contribution in [2.45, 2.75) is 26.2 Å². The number of benzene rings is 1. The summed E-state index contributed by atoms with van der Waals surface area (Å²) >= 11 is 0. The van der Waals surface area contributed by atoms with Crippen LogP contribution in [0.2, 0.25) is 0 Å². The van der Waals surface area contributed by atoms with Crippen LogP contribution in [0.15, 0.2) is 24.3 Å². The lowest BCUT2D eigenvalue weighted by atomic mass is 10.1. The van der Waals surface area contributed by atoms with Crippen LogP contribution in [0.3, 0.4) is 0 Å². The van der Waals surface area contributed by atoms with E-state index in [2.05, 4.69) is 36.1 Å². The number of unbranched alkanes of at least 4 members (excludes halogenated alkanes) is 1. The molecule has 0 spiro atoms. The summed E-state index contributed by atoms with van der Waals surface area (Å²) in [5.74, 6) is 0. The maximum Gasteiger partial charge on any atom is 0.0462 e. The molecule has 3 heteroatoms. The molecular weight excluding hydrogens is 224 g/mol. The smallest absolute Gasteiger partial charge is 0.0462 e. The fraction of sp³-hybridized carbons (Fsp3) is 0.600. The Bertz CT molecular complexity index is 328. The zero-order valence-electron chi connectivity index (χ0n) is 11.7. The second-order valence-corrected chi connectivity index (χ2v) is 4.62. The molecule has 1 rings (SSSR count). The van der Waals surface area contributed by atoms with Gasteiger partial charge in [-0.05, 0) is 44.4 Å². The van der Waals surface area contributed by atoms with Crippen LogP contribution in [0.5, 0.6) is 0 Å². The average Bonchev–Trinajstić information content (AvgIpc) is 2.39. The molecule has 0 bridgehead atoms. The summed E-state index contributed by atoms with van der Waals surface area (Å²) in [5.41, 5.74) is 8.29. The first-order valence-electron chi connectivity index (χ1n) is 6.79. The Morgan fingerprint density at radius 3 is 2.50 bits per heavy atom. The van der Waals surface area contributed by atoms with Crippen molar-refractivity contribution in [1.29, 1.82) is 0 Å². The number of anilines is 1. The third kappa shape index (κ3) is 5.07. The molecule has 0 saturated heterocycles. The molecule has 0 aliphatic heterocycles. The van der Waals surface area contributed by atoms with Gasteiger partial charge in [-0.3, -0.25) is 0 Å². The Morgan fingerprint density at radius 1 is 1.11 bits per heavy atom. The van der Waals surface area contributed by atoms with Crippen LogP contribution >= 0.6 is 0 Å². The fourth-order valence-electron chi connectivity index (χ4n) is 2.10. The number of ether oxygens (including phenoxy) is 1. The van der Waals surface area contributed by atoms with E-state index in [0.29, 0.717) is 0 Å². The molecule has 102 valence electrons. The molecule has 0 aliphatic carbocycles. The van der Waals surface area contributed by atoms with Crippen LogP contribution in [0.25, 0.3) is 0 Å². The van der Waals surface area contributed by atoms with Crippen molar-refractivity contribution < 1.29 is 4.74 Å². The molecule has 0 fully saturated rings.